The Labute approximate surface area is 101 Å². The quantitative estimate of drug-likeness (QED) is 0.627. The first-order valence-electron chi connectivity index (χ1n) is 6.33. The molecule has 0 heterocycles. The van der Waals surface area contributed by atoms with Crippen LogP contribution in [0.3, 0.4) is 0 Å². The van der Waals surface area contributed by atoms with Gasteiger partial charge < -0.3 is 14.8 Å². The second kappa shape index (κ2) is 8.97. The van der Waals surface area contributed by atoms with Crippen LogP contribution in [0.5, 0.6) is 0 Å². The van der Waals surface area contributed by atoms with Gasteiger partial charge in [-0.1, -0.05) is 6.92 Å². The SMILES string of the molecule is CCCNC(CCCC(C)(C)OC)COC. The third kappa shape index (κ3) is 8.08. The standard InChI is InChI=1S/C13H29NO2/c1-6-10-14-12(11-15-4)8-7-9-13(2,3)16-5/h12,14H,6-11H2,1-5H3. The van der Waals surface area contributed by atoms with Crippen molar-refractivity contribution in [3.63, 3.8) is 0 Å². The highest BCUT2D eigenvalue weighted by molar-refractivity contribution is 4.71. The Balaban J connectivity index is 3.74. The average Bonchev–Trinajstić information content (AvgIpc) is 2.25. The molecule has 1 N–H and O–H groups in total. The summed E-state index contributed by atoms with van der Waals surface area (Å²) in [7, 11) is 3.54. The predicted octanol–water partition coefficient (Wildman–Crippen LogP) is 2.60. The predicted molar refractivity (Wildman–Crippen MR) is 68.9 cm³/mol. The number of nitrogens with one attached hydrogen (secondary N) is 1. The van der Waals surface area contributed by atoms with Crippen LogP contribution in [0.15, 0.2) is 0 Å². The van der Waals surface area contributed by atoms with Gasteiger partial charge in [-0.2, -0.15) is 0 Å². The summed E-state index contributed by atoms with van der Waals surface area (Å²) in [4.78, 5) is 0. The summed E-state index contributed by atoms with van der Waals surface area (Å²) in [6.45, 7) is 8.33. The van der Waals surface area contributed by atoms with E-state index in [9.17, 15) is 0 Å². The van der Waals surface area contributed by atoms with Gasteiger partial charge in [0.05, 0.1) is 12.2 Å². The molecule has 0 aromatic carbocycles. The van der Waals surface area contributed by atoms with E-state index in [0.29, 0.717) is 6.04 Å². The highest BCUT2D eigenvalue weighted by Gasteiger charge is 2.16. The van der Waals surface area contributed by atoms with E-state index >= 15 is 0 Å². The second-order valence-electron chi connectivity index (χ2n) is 4.96. The van der Waals surface area contributed by atoms with E-state index in [2.05, 4.69) is 26.1 Å². The van der Waals surface area contributed by atoms with E-state index in [4.69, 9.17) is 9.47 Å². The molecule has 0 amide bonds. The van der Waals surface area contributed by atoms with Gasteiger partial charge in [0, 0.05) is 20.3 Å². The molecule has 98 valence electrons. The minimum absolute atomic E-state index is 0.00236. The van der Waals surface area contributed by atoms with Crippen LogP contribution in [-0.4, -0.2) is 39.0 Å². The summed E-state index contributed by atoms with van der Waals surface area (Å²) < 4.78 is 10.6. The molecule has 0 saturated heterocycles. The van der Waals surface area contributed by atoms with E-state index in [1.807, 2.05) is 0 Å². The van der Waals surface area contributed by atoms with Crippen molar-refractivity contribution in [2.45, 2.75) is 58.1 Å². The molecule has 3 heteroatoms. The minimum atomic E-state index is 0.00236. The summed E-state index contributed by atoms with van der Waals surface area (Å²) in [5.74, 6) is 0. The van der Waals surface area contributed by atoms with Crippen molar-refractivity contribution >= 4 is 0 Å². The van der Waals surface area contributed by atoms with Gasteiger partial charge in [0.25, 0.3) is 0 Å². The Morgan fingerprint density at radius 2 is 1.94 bits per heavy atom. The Morgan fingerprint density at radius 3 is 2.44 bits per heavy atom. The Morgan fingerprint density at radius 1 is 1.25 bits per heavy atom. The number of hydrogen-bond acceptors (Lipinski definition) is 3. The molecular formula is C13H29NO2. The monoisotopic (exact) mass is 231 g/mol. The number of ether oxygens (including phenoxy) is 2. The van der Waals surface area contributed by atoms with Crippen LogP contribution in [-0.2, 0) is 9.47 Å². The van der Waals surface area contributed by atoms with Gasteiger partial charge in [-0.15, -0.1) is 0 Å². The fraction of sp³-hybridized carbons (Fsp3) is 1.00. The summed E-state index contributed by atoms with van der Waals surface area (Å²) in [6.07, 6.45) is 4.59. The zero-order valence-corrected chi connectivity index (χ0v) is 11.6. The Kier molecular flexibility index (Phi) is 8.90. The molecule has 0 aliphatic rings. The van der Waals surface area contributed by atoms with Gasteiger partial charge >= 0.3 is 0 Å². The molecular weight excluding hydrogens is 202 g/mol. The van der Waals surface area contributed by atoms with Gasteiger partial charge in [-0.25, -0.2) is 0 Å². The van der Waals surface area contributed by atoms with E-state index in [-0.39, 0.29) is 5.60 Å². The van der Waals surface area contributed by atoms with Gasteiger partial charge in [0.1, 0.15) is 0 Å². The summed E-state index contributed by atoms with van der Waals surface area (Å²) in [5, 5.41) is 3.51. The van der Waals surface area contributed by atoms with Crippen molar-refractivity contribution in [2.24, 2.45) is 0 Å². The van der Waals surface area contributed by atoms with Crippen LogP contribution >= 0.6 is 0 Å². The maximum Gasteiger partial charge on any atom is 0.0622 e. The second-order valence-corrected chi connectivity index (χ2v) is 4.96. The molecule has 0 spiro atoms. The van der Waals surface area contributed by atoms with Crippen molar-refractivity contribution in [2.75, 3.05) is 27.4 Å². The minimum Gasteiger partial charge on any atom is -0.383 e. The fourth-order valence-corrected chi connectivity index (χ4v) is 1.67. The first-order valence-corrected chi connectivity index (χ1v) is 6.33. The van der Waals surface area contributed by atoms with E-state index in [1.54, 1.807) is 14.2 Å². The zero-order chi connectivity index (χ0) is 12.4. The van der Waals surface area contributed by atoms with Crippen LogP contribution in [0.4, 0.5) is 0 Å². The fourth-order valence-electron chi connectivity index (χ4n) is 1.67. The lowest BCUT2D eigenvalue weighted by molar-refractivity contribution is 0.0123. The lowest BCUT2D eigenvalue weighted by atomic mass is 9.99. The molecule has 16 heavy (non-hydrogen) atoms. The smallest absolute Gasteiger partial charge is 0.0622 e. The topological polar surface area (TPSA) is 30.5 Å². The third-order valence-corrected chi connectivity index (χ3v) is 2.93. The zero-order valence-electron chi connectivity index (χ0n) is 11.6. The van der Waals surface area contributed by atoms with Crippen molar-refractivity contribution < 1.29 is 9.47 Å². The van der Waals surface area contributed by atoms with E-state index in [0.717, 1.165) is 26.0 Å². The van der Waals surface area contributed by atoms with Crippen molar-refractivity contribution in [1.82, 2.24) is 5.32 Å². The molecule has 0 aliphatic carbocycles. The first-order chi connectivity index (χ1) is 7.55. The van der Waals surface area contributed by atoms with E-state index < -0.39 is 0 Å². The number of rotatable bonds is 10. The highest BCUT2D eigenvalue weighted by Crippen LogP contribution is 2.17. The van der Waals surface area contributed by atoms with Crippen LogP contribution in [0.25, 0.3) is 0 Å². The van der Waals surface area contributed by atoms with Crippen LogP contribution in [0, 0.1) is 0 Å². The number of hydrogen-bond donors (Lipinski definition) is 1. The molecule has 1 unspecified atom stereocenters. The molecule has 3 nitrogen and oxygen atoms in total. The molecule has 0 saturated carbocycles. The highest BCUT2D eigenvalue weighted by atomic mass is 16.5. The first kappa shape index (κ1) is 15.9. The molecule has 0 aliphatic heterocycles. The molecule has 0 bridgehead atoms. The van der Waals surface area contributed by atoms with Crippen LogP contribution in [0.2, 0.25) is 0 Å². The van der Waals surface area contributed by atoms with Crippen molar-refractivity contribution in [3.05, 3.63) is 0 Å². The summed E-state index contributed by atoms with van der Waals surface area (Å²) >= 11 is 0. The largest absolute Gasteiger partial charge is 0.383 e. The molecule has 0 fully saturated rings. The molecule has 0 radical (unpaired) electrons. The van der Waals surface area contributed by atoms with Gasteiger partial charge in [-0.05, 0) is 46.1 Å². The van der Waals surface area contributed by atoms with Gasteiger partial charge in [-0.3, -0.25) is 0 Å². The maximum atomic E-state index is 5.41. The number of methoxy groups -OCH3 is 2. The van der Waals surface area contributed by atoms with Crippen molar-refractivity contribution in [3.8, 4) is 0 Å². The lowest BCUT2D eigenvalue weighted by Gasteiger charge is -2.24. The lowest BCUT2D eigenvalue weighted by Crippen LogP contribution is -2.34. The average molecular weight is 231 g/mol. The molecule has 1 atom stereocenters. The molecule has 0 aromatic rings. The third-order valence-electron chi connectivity index (χ3n) is 2.93. The molecule has 0 rings (SSSR count). The Bertz CT molecular complexity index is 160. The summed E-state index contributed by atoms with van der Waals surface area (Å²) in [6, 6.07) is 0.484. The maximum absolute atomic E-state index is 5.41. The molecule has 0 aromatic heterocycles. The normalized spacial score (nSPS) is 14.1. The Hall–Kier alpha value is -0.120. The van der Waals surface area contributed by atoms with Gasteiger partial charge in [0.2, 0.25) is 0 Å². The van der Waals surface area contributed by atoms with E-state index in [1.165, 1.54) is 12.8 Å². The summed E-state index contributed by atoms with van der Waals surface area (Å²) in [5.41, 5.74) is 0.00236. The van der Waals surface area contributed by atoms with Crippen molar-refractivity contribution in [1.29, 1.82) is 0 Å². The van der Waals surface area contributed by atoms with Crippen LogP contribution in [0.1, 0.15) is 46.5 Å². The van der Waals surface area contributed by atoms with Gasteiger partial charge in [0.15, 0.2) is 0 Å². The van der Waals surface area contributed by atoms with Crippen LogP contribution < -0.4 is 5.32 Å².